The number of hydrogen-bond acceptors (Lipinski definition) is 2. The molecule has 0 aliphatic heterocycles. The van der Waals surface area contributed by atoms with Gasteiger partial charge >= 0.3 is 0 Å². The van der Waals surface area contributed by atoms with Crippen molar-refractivity contribution < 1.29 is 0 Å². The second-order valence-electron chi connectivity index (χ2n) is 6.02. The molecule has 0 spiro atoms. The Hall–Kier alpha value is -1.64. The Kier molecular flexibility index (Phi) is 5.93. The van der Waals surface area contributed by atoms with Gasteiger partial charge in [-0.3, -0.25) is 4.99 Å². The normalized spacial score (nSPS) is 13.2. The summed E-state index contributed by atoms with van der Waals surface area (Å²) < 4.78 is 0. The molecule has 3 heteroatoms. The van der Waals surface area contributed by atoms with Crippen molar-refractivity contribution in [3.05, 3.63) is 29.3 Å². The summed E-state index contributed by atoms with van der Waals surface area (Å²) >= 11 is 0. The molecule has 0 fully saturated rings. The highest BCUT2D eigenvalue weighted by Crippen LogP contribution is 2.25. The second-order valence-corrected chi connectivity index (χ2v) is 6.02. The smallest absolute Gasteiger partial charge is 0.156 e. The lowest BCUT2D eigenvalue weighted by molar-refractivity contribution is 0.349. The van der Waals surface area contributed by atoms with Crippen molar-refractivity contribution in [2.24, 2.45) is 15.4 Å². The third-order valence-corrected chi connectivity index (χ3v) is 3.52. The van der Waals surface area contributed by atoms with Crippen molar-refractivity contribution in [1.82, 2.24) is 0 Å². The summed E-state index contributed by atoms with van der Waals surface area (Å²) in [5.41, 5.74) is 9.12. The molecule has 0 bridgehead atoms. The van der Waals surface area contributed by atoms with Gasteiger partial charge in [0.2, 0.25) is 0 Å². The van der Waals surface area contributed by atoms with Gasteiger partial charge < -0.3 is 5.73 Å². The maximum absolute atomic E-state index is 6.05. The predicted octanol–water partition coefficient (Wildman–Crippen LogP) is 4.24. The Morgan fingerprint density at radius 3 is 2.60 bits per heavy atom. The summed E-state index contributed by atoms with van der Waals surface area (Å²) in [6, 6.07) is 5.88. The van der Waals surface area contributed by atoms with E-state index in [9.17, 15) is 0 Å². The Morgan fingerprint density at radius 1 is 1.35 bits per heavy atom. The monoisotopic (exact) mass is 273 g/mol. The molecule has 0 radical (unpaired) electrons. The molecule has 0 heterocycles. The van der Waals surface area contributed by atoms with Crippen LogP contribution in [-0.2, 0) is 0 Å². The van der Waals surface area contributed by atoms with Crippen LogP contribution in [0.25, 0.3) is 0 Å². The van der Waals surface area contributed by atoms with E-state index >= 15 is 0 Å². The van der Waals surface area contributed by atoms with Gasteiger partial charge in [0, 0.05) is 24.5 Å². The zero-order chi connectivity index (χ0) is 15.2. The molecule has 0 unspecified atom stereocenters. The molecule has 0 atom stereocenters. The first-order valence-corrected chi connectivity index (χ1v) is 7.26. The second kappa shape index (κ2) is 7.22. The van der Waals surface area contributed by atoms with Crippen LogP contribution in [0.2, 0.25) is 0 Å². The lowest BCUT2D eigenvalue weighted by Gasteiger charge is -2.21. The third-order valence-electron chi connectivity index (χ3n) is 3.52. The van der Waals surface area contributed by atoms with E-state index in [0.717, 1.165) is 23.2 Å². The summed E-state index contributed by atoms with van der Waals surface area (Å²) in [5, 5.41) is 0. The number of aliphatic imine (C=N–C) groups is 2. The lowest BCUT2D eigenvalue weighted by Crippen LogP contribution is -2.12. The van der Waals surface area contributed by atoms with Gasteiger partial charge in [0.15, 0.2) is 5.84 Å². The molecule has 0 aliphatic rings. The summed E-state index contributed by atoms with van der Waals surface area (Å²) in [6.45, 7) is 8.79. The Labute approximate surface area is 123 Å². The fourth-order valence-corrected chi connectivity index (χ4v) is 2.39. The minimum absolute atomic E-state index is 0.286. The molecular weight excluding hydrogens is 246 g/mol. The van der Waals surface area contributed by atoms with Gasteiger partial charge in [-0.05, 0) is 36.8 Å². The molecular formula is C17H27N3. The molecule has 0 saturated carbocycles. The number of nitrogen functional groups attached to an aromatic ring is 1. The summed E-state index contributed by atoms with van der Waals surface area (Å²) in [5.74, 6) is 0.716. The van der Waals surface area contributed by atoms with E-state index in [1.165, 1.54) is 12.8 Å². The van der Waals surface area contributed by atoms with E-state index in [4.69, 9.17) is 5.73 Å². The molecule has 0 aromatic heterocycles. The van der Waals surface area contributed by atoms with E-state index in [-0.39, 0.29) is 5.41 Å². The maximum Gasteiger partial charge on any atom is 0.156 e. The summed E-state index contributed by atoms with van der Waals surface area (Å²) in [7, 11) is 1.76. The maximum atomic E-state index is 6.05. The van der Waals surface area contributed by atoms with Crippen molar-refractivity contribution in [2.45, 2.75) is 47.0 Å². The number of nitrogens with two attached hydrogens (primary N) is 1. The average molecular weight is 273 g/mol. The topological polar surface area (TPSA) is 50.7 Å². The molecule has 1 aromatic carbocycles. The van der Waals surface area contributed by atoms with E-state index in [1.54, 1.807) is 7.05 Å². The molecule has 2 N–H and O–H groups in total. The van der Waals surface area contributed by atoms with Gasteiger partial charge in [0.1, 0.15) is 0 Å². The summed E-state index contributed by atoms with van der Waals surface area (Å²) in [4.78, 5) is 8.83. The molecule has 0 aliphatic carbocycles. The van der Waals surface area contributed by atoms with Crippen molar-refractivity contribution in [3.8, 4) is 0 Å². The van der Waals surface area contributed by atoms with Crippen LogP contribution in [0, 0.1) is 12.3 Å². The minimum Gasteiger partial charge on any atom is -0.398 e. The van der Waals surface area contributed by atoms with Crippen LogP contribution in [-0.4, -0.2) is 19.1 Å². The highest BCUT2D eigenvalue weighted by atomic mass is 14.9. The van der Waals surface area contributed by atoms with Crippen LogP contribution in [0.5, 0.6) is 0 Å². The largest absolute Gasteiger partial charge is 0.398 e. The number of amidine groups is 1. The SMILES string of the molecule is CCCC(C)(C)C/C=N/C(=N/C)c1c(C)cccc1N. The number of aryl methyl sites for hydroxylation is 1. The fraction of sp³-hybridized carbons (Fsp3) is 0.529. The fourth-order valence-electron chi connectivity index (χ4n) is 2.39. The van der Waals surface area contributed by atoms with E-state index in [2.05, 4.69) is 30.8 Å². The predicted molar refractivity (Wildman–Crippen MR) is 89.9 cm³/mol. The Bertz CT molecular complexity index is 479. The van der Waals surface area contributed by atoms with Crippen molar-refractivity contribution in [3.63, 3.8) is 0 Å². The standard InChI is InChI=1S/C17H27N3/c1-6-10-17(3,4)11-12-20-16(19-5)15-13(2)8-7-9-14(15)18/h7-9,12H,6,10-11,18H2,1-5H3/b19-16+,20-12+. The minimum atomic E-state index is 0.286. The van der Waals surface area contributed by atoms with Crippen LogP contribution in [0.3, 0.4) is 0 Å². The van der Waals surface area contributed by atoms with E-state index in [0.29, 0.717) is 5.84 Å². The van der Waals surface area contributed by atoms with Crippen LogP contribution in [0.4, 0.5) is 5.69 Å². The van der Waals surface area contributed by atoms with Gasteiger partial charge in [0.05, 0.1) is 0 Å². The quantitative estimate of drug-likeness (QED) is 0.487. The lowest BCUT2D eigenvalue weighted by atomic mass is 9.85. The van der Waals surface area contributed by atoms with E-state index in [1.807, 2.05) is 31.3 Å². The van der Waals surface area contributed by atoms with Gasteiger partial charge in [-0.1, -0.05) is 39.3 Å². The first-order valence-electron chi connectivity index (χ1n) is 7.26. The van der Waals surface area contributed by atoms with Gasteiger partial charge in [-0.2, -0.15) is 0 Å². The first-order chi connectivity index (χ1) is 9.41. The highest BCUT2D eigenvalue weighted by molar-refractivity contribution is 6.07. The summed E-state index contributed by atoms with van der Waals surface area (Å²) in [6.07, 6.45) is 5.32. The van der Waals surface area contributed by atoms with E-state index < -0.39 is 0 Å². The van der Waals surface area contributed by atoms with Gasteiger partial charge in [0.25, 0.3) is 0 Å². The van der Waals surface area contributed by atoms with Gasteiger partial charge in [-0.15, -0.1) is 0 Å². The molecule has 1 rings (SSSR count). The average Bonchev–Trinajstić information content (AvgIpc) is 2.36. The van der Waals surface area contributed by atoms with Crippen molar-refractivity contribution in [2.75, 3.05) is 12.8 Å². The molecule has 110 valence electrons. The molecule has 0 saturated heterocycles. The van der Waals surface area contributed by atoms with Crippen LogP contribution in [0.15, 0.2) is 28.2 Å². The molecule has 1 aromatic rings. The van der Waals surface area contributed by atoms with Crippen molar-refractivity contribution in [1.29, 1.82) is 0 Å². The number of benzene rings is 1. The molecule has 20 heavy (non-hydrogen) atoms. The van der Waals surface area contributed by atoms with Crippen LogP contribution in [0.1, 0.15) is 51.2 Å². The molecule has 3 nitrogen and oxygen atoms in total. The highest BCUT2D eigenvalue weighted by Gasteiger charge is 2.15. The number of rotatable bonds is 5. The van der Waals surface area contributed by atoms with Crippen molar-refractivity contribution >= 4 is 17.7 Å². The number of anilines is 1. The van der Waals surface area contributed by atoms with Crippen LogP contribution < -0.4 is 5.73 Å². The van der Waals surface area contributed by atoms with Crippen LogP contribution >= 0.6 is 0 Å². The zero-order valence-corrected chi connectivity index (χ0v) is 13.4. The first kappa shape index (κ1) is 16.4. The number of hydrogen-bond donors (Lipinski definition) is 1. The third kappa shape index (κ3) is 4.48. The van der Waals surface area contributed by atoms with Gasteiger partial charge in [-0.25, -0.2) is 4.99 Å². The zero-order valence-electron chi connectivity index (χ0n) is 13.4. The Morgan fingerprint density at radius 2 is 2.05 bits per heavy atom. The molecule has 0 amide bonds. The Balaban J connectivity index is 2.89. The number of nitrogens with zero attached hydrogens (tertiary/aromatic N) is 2.